The predicted molar refractivity (Wildman–Crippen MR) is 101 cm³/mol. The topological polar surface area (TPSA) is 61.4 Å². The van der Waals surface area contributed by atoms with Crippen molar-refractivity contribution in [3.63, 3.8) is 0 Å². The molecule has 3 rings (SSSR count). The van der Waals surface area contributed by atoms with E-state index in [1.165, 1.54) is 0 Å². The van der Waals surface area contributed by atoms with Crippen molar-refractivity contribution in [2.24, 2.45) is 0 Å². The maximum absolute atomic E-state index is 12.9. The number of thioether (sulfide) groups is 1. The van der Waals surface area contributed by atoms with E-state index < -0.39 is 0 Å². The number of benzene rings is 1. The molecule has 0 fully saturated rings. The lowest BCUT2D eigenvalue weighted by atomic mass is 10.2. The summed E-state index contributed by atoms with van der Waals surface area (Å²) in [4.78, 5) is 12.9. The number of fused-ring (bicyclic) bond motifs is 3. The van der Waals surface area contributed by atoms with Gasteiger partial charge in [-0.05, 0) is 31.9 Å². The molecular weight excluding hydrogens is 336 g/mol. The van der Waals surface area contributed by atoms with Crippen molar-refractivity contribution in [3.05, 3.63) is 34.6 Å². The number of rotatable bonds is 8. The van der Waals surface area contributed by atoms with Crippen LogP contribution >= 0.6 is 11.8 Å². The quantitative estimate of drug-likeness (QED) is 0.455. The van der Waals surface area contributed by atoms with E-state index in [4.69, 9.17) is 4.74 Å². The summed E-state index contributed by atoms with van der Waals surface area (Å²) in [7, 11) is 0. The Hall–Kier alpha value is -1.86. The average molecular weight is 360 g/mol. The van der Waals surface area contributed by atoms with Crippen molar-refractivity contribution in [2.75, 3.05) is 13.2 Å². The molecule has 0 radical (unpaired) electrons. The number of aryl methyl sites for hydroxylation is 1. The van der Waals surface area contributed by atoms with Crippen molar-refractivity contribution in [2.45, 2.75) is 50.6 Å². The van der Waals surface area contributed by atoms with Gasteiger partial charge in [0.25, 0.3) is 5.56 Å². The van der Waals surface area contributed by atoms with Crippen LogP contribution in [0.1, 0.15) is 33.6 Å². The fourth-order valence-corrected chi connectivity index (χ4v) is 3.64. The molecule has 1 aromatic carbocycles. The second-order valence-electron chi connectivity index (χ2n) is 5.98. The molecule has 1 atom stereocenters. The molecule has 7 heteroatoms. The molecule has 0 aliphatic heterocycles. The van der Waals surface area contributed by atoms with E-state index in [1.807, 2.05) is 35.6 Å². The standard InChI is InChI=1S/C18H24N4O2S/c1-4-13(3)25-18-20-19-17-21(11-8-12-24-5-2)16(23)14-9-6-7-10-15(14)22(17)18/h6-7,9-10,13H,4-5,8,11-12H2,1-3H3. The second kappa shape index (κ2) is 8.01. The molecule has 1 unspecified atom stereocenters. The molecule has 3 aromatic rings. The van der Waals surface area contributed by atoms with Gasteiger partial charge in [0, 0.05) is 25.0 Å². The van der Waals surface area contributed by atoms with Gasteiger partial charge in [-0.15, -0.1) is 10.2 Å². The molecule has 6 nitrogen and oxygen atoms in total. The Morgan fingerprint density at radius 2 is 2.04 bits per heavy atom. The van der Waals surface area contributed by atoms with Gasteiger partial charge < -0.3 is 4.74 Å². The second-order valence-corrected chi connectivity index (χ2v) is 7.38. The van der Waals surface area contributed by atoms with E-state index in [1.54, 1.807) is 16.3 Å². The first-order valence-corrected chi connectivity index (χ1v) is 9.66. The maximum atomic E-state index is 12.9. The molecule has 25 heavy (non-hydrogen) atoms. The van der Waals surface area contributed by atoms with Crippen LogP contribution < -0.4 is 5.56 Å². The molecule has 0 bridgehead atoms. The summed E-state index contributed by atoms with van der Waals surface area (Å²) in [6.45, 7) is 8.18. The highest BCUT2D eigenvalue weighted by Gasteiger charge is 2.17. The van der Waals surface area contributed by atoms with Crippen molar-refractivity contribution >= 4 is 28.4 Å². The zero-order valence-corrected chi connectivity index (χ0v) is 15.8. The van der Waals surface area contributed by atoms with E-state index in [0.29, 0.717) is 36.2 Å². The maximum Gasteiger partial charge on any atom is 0.262 e. The van der Waals surface area contributed by atoms with Crippen LogP contribution in [-0.2, 0) is 11.3 Å². The van der Waals surface area contributed by atoms with Crippen LogP contribution in [0.4, 0.5) is 0 Å². The van der Waals surface area contributed by atoms with Crippen LogP contribution in [0, 0.1) is 0 Å². The zero-order valence-electron chi connectivity index (χ0n) is 14.9. The first kappa shape index (κ1) is 17.9. The molecule has 0 aliphatic rings. The van der Waals surface area contributed by atoms with Gasteiger partial charge in [0.2, 0.25) is 5.78 Å². The largest absolute Gasteiger partial charge is 0.382 e. The minimum absolute atomic E-state index is 0.0212. The molecule has 0 saturated heterocycles. The number of aromatic nitrogens is 4. The Balaban J connectivity index is 2.14. The molecule has 2 heterocycles. The van der Waals surface area contributed by atoms with Gasteiger partial charge in [-0.2, -0.15) is 0 Å². The van der Waals surface area contributed by atoms with Crippen LogP contribution in [0.15, 0.2) is 34.2 Å². The van der Waals surface area contributed by atoms with Crippen molar-refractivity contribution < 1.29 is 4.74 Å². The van der Waals surface area contributed by atoms with Crippen LogP contribution in [0.5, 0.6) is 0 Å². The summed E-state index contributed by atoms with van der Waals surface area (Å²) in [5, 5.41) is 10.7. The van der Waals surface area contributed by atoms with Crippen molar-refractivity contribution in [3.8, 4) is 0 Å². The summed E-state index contributed by atoms with van der Waals surface area (Å²) in [6.07, 6.45) is 1.81. The first-order valence-electron chi connectivity index (χ1n) is 8.78. The van der Waals surface area contributed by atoms with Gasteiger partial charge in [0.05, 0.1) is 10.9 Å². The van der Waals surface area contributed by atoms with E-state index in [-0.39, 0.29) is 5.56 Å². The molecule has 0 spiro atoms. The fourth-order valence-electron chi connectivity index (χ4n) is 2.74. The molecule has 134 valence electrons. The van der Waals surface area contributed by atoms with Crippen LogP contribution in [0.2, 0.25) is 0 Å². The van der Waals surface area contributed by atoms with Gasteiger partial charge in [0.15, 0.2) is 5.16 Å². The number of hydrogen-bond acceptors (Lipinski definition) is 5. The lowest BCUT2D eigenvalue weighted by molar-refractivity contribution is 0.141. The van der Waals surface area contributed by atoms with Crippen molar-refractivity contribution in [1.82, 2.24) is 19.2 Å². The Bertz CT molecular complexity index is 918. The Morgan fingerprint density at radius 1 is 1.24 bits per heavy atom. The third kappa shape index (κ3) is 3.57. The molecular formula is C18H24N4O2S. The third-order valence-electron chi connectivity index (χ3n) is 4.23. The third-order valence-corrected chi connectivity index (χ3v) is 5.44. The average Bonchev–Trinajstić information content (AvgIpc) is 3.04. The SMILES string of the molecule is CCOCCCn1c(=O)c2ccccc2n2c(SC(C)CC)nnc12. The van der Waals surface area contributed by atoms with E-state index in [2.05, 4.69) is 24.0 Å². The highest BCUT2D eigenvalue weighted by atomic mass is 32.2. The monoisotopic (exact) mass is 360 g/mol. The lowest BCUT2D eigenvalue weighted by Gasteiger charge is -2.12. The fraction of sp³-hybridized carbons (Fsp3) is 0.500. The Kier molecular flexibility index (Phi) is 5.75. The minimum atomic E-state index is -0.0212. The van der Waals surface area contributed by atoms with E-state index in [0.717, 1.165) is 23.5 Å². The molecule has 0 N–H and O–H groups in total. The molecule has 0 amide bonds. The van der Waals surface area contributed by atoms with E-state index >= 15 is 0 Å². The van der Waals surface area contributed by atoms with Crippen molar-refractivity contribution in [1.29, 1.82) is 0 Å². The molecule has 0 saturated carbocycles. The number of nitrogens with zero attached hydrogens (tertiary/aromatic N) is 4. The molecule has 2 aromatic heterocycles. The predicted octanol–water partition coefficient (Wildman–Crippen LogP) is 3.36. The minimum Gasteiger partial charge on any atom is -0.382 e. The Labute approximate surface area is 151 Å². The first-order chi connectivity index (χ1) is 12.2. The number of ether oxygens (including phenoxy) is 1. The van der Waals surface area contributed by atoms with Gasteiger partial charge in [-0.3, -0.25) is 13.8 Å². The zero-order chi connectivity index (χ0) is 17.8. The van der Waals surface area contributed by atoms with Gasteiger partial charge in [-0.1, -0.05) is 37.7 Å². The summed E-state index contributed by atoms with van der Waals surface area (Å²) in [5.41, 5.74) is 0.839. The van der Waals surface area contributed by atoms with E-state index in [9.17, 15) is 4.79 Å². The number of para-hydroxylation sites is 1. The normalized spacial score (nSPS) is 12.9. The number of hydrogen-bond donors (Lipinski definition) is 0. The van der Waals surface area contributed by atoms with Gasteiger partial charge in [0.1, 0.15) is 0 Å². The summed E-state index contributed by atoms with van der Waals surface area (Å²) < 4.78 is 9.13. The van der Waals surface area contributed by atoms with Gasteiger partial charge >= 0.3 is 0 Å². The summed E-state index contributed by atoms with van der Waals surface area (Å²) in [6, 6.07) is 7.66. The Morgan fingerprint density at radius 3 is 2.80 bits per heavy atom. The smallest absolute Gasteiger partial charge is 0.262 e. The highest BCUT2D eigenvalue weighted by Crippen LogP contribution is 2.26. The van der Waals surface area contributed by atoms with Crippen LogP contribution in [0.25, 0.3) is 16.7 Å². The lowest BCUT2D eigenvalue weighted by Crippen LogP contribution is -2.24. The van der Waals surface area contributed by atoms with Crippen LogP contribution in [-0.4, -0.2) is 37.6 Å². The van der Waals surface area contributed by atoms with Gasteiger partial charge in [-0.25, -0.2) is 0 Å². The highest BCUT2D eigenvalue weighted by molar-refractivity contribution is 7.99. The summed E-state index contributed by atoms with van der Waals surface area (Å²) >= 11 is 1.69. The van der Waals surface area contributed by atoms with Crippen LogP contribution in [0.3, 0.4) is 0 Å². The summed E-state index contributed by atoms with van der Waals surface area (Å²) in [5.74, 6) is 0.603. The molecule has 0 aliphatic carbocycles.